The van der Waals surface area contributed by atoms with Crippen molar-refractivity contribution in [3.63, 3.8) is 0 Å². The first-order valence-corrected chi connectivity index (χ1v) is 7.92. The molecule has 4 N–H and O–H groups in total. The molecule has 1 aliphatic carbocycles. The maximum Gasteiger partial charge on any atom is 0.240 e. The van der Waals surface area contributed by atoms with E-state index in [2.05, 4.69) is 4.72 Å². The van der Waals surface area contributed by atoms with E-state index >= 15 is 0 Å². The summed E-state index contributed by atoms with van der Waals surface area (Å²) in [6, 6.07) is 4.73. The van der Waals surface area contributed by atoms with Crippen LogP contribution in [0.4, 0.5) is 5.69 Å². The molecule has 0 heterocycles. The third-order valence-corrected chi connectivity index (χ3v) is 5.23. The van der Waals surface area contributed by atoms with Gasteiger partial charge in [-0.2, -0.15) is 0 Å². The highest BCUT2D eigenvalue weighted by Gasteiger charge is 2.27. The molecule has 0 saturated heterocycles. The molecule has 19 heavy (non-hydrogen) atoms. The Labute approximate surface area is 113 Å². The molecule has 0 spiro atoms. The maximum atomic E-state index is 12.2. The highest BCUT2D eigenvalue weighted by molar-refractivity contribution is 7.89. The second kappa shape index (κ2) is 5.48. The van der Waals surface area contributed by atoms with Gasteiger partial charge in [-0.1, -0.05) is 6.42 Å². The van der Waals surface area contributed by atoms with Crippen LogP contribution < -0.4 is 10.5 Å². The number of hydrogen-bond donors (Lipinski definition) is 3. The summed E-state index contributed by atoms with van der Waals surface area (Å²) in [7, 11) is -3.54. The smallest absolute Gasteiger partial charge is 0.240 e. The number of nitrogens with one attached hydrogen (secondary N) is 1. The Morgan fingerprint density at radius 2 is 2.16 bits per heavy atom. The molecule has 5 nitrogen and oxygen atoms in total. The molecule has 106 valence electrons. The van der Waals surface area contributed by atoms with Gasteiger partial charge in [0.25, 0.3) is 0 Å². The van der Waals surface area contributed by atoms with Gasteiger partial charge in [-0.25, -0.2) is 13.1 Å². The van der Waals surface area contributed by atoms with E-state index in [0.29, 0.717) is 11.3 Å². The van der Waals surface area contributed by atoms with E-state index in [9.17, 15) is 13.5 Å². The molecular formula is C13H20N2O3S. The largest absolute Gasteiger partial charge is 0.399 e. The van der Waals surface area contributed by atoms with Crippen LogP contribution in [-0.4, -0.2) is 26.2 Å². The molecule has 0 radical (unpaired) electrons. The van der Waals surface area contributed by atoms with Crippen molar-refractivity contribution in [3.8, 4) is 0 Å². The predicted molar refractivity (Wildman–Crippen MR) is 74.1 cm³/mol. The summed E-state index contributed by atoms with van der Waals surface area (Å²) in [5.74, 6) is 0.0175. The van der Waals surface area contributed by atoms with E-state index < -0.39 is 16.1 Å². The minimum absolute atomic E-state index is 0.0175. The number of rotatable bonds is 4. The van der Waals surface area contributed by atoms with E-state index in [4.69, 9.17) is 5.73 Å². The third kappa shape index (κ3) is 3.26. The number of aliphatic hydroxyl groups excluding tert-OH is 1. The molecule has 0 aromatic heterocycles. The van der Waals surface area contributed by atoms with Crippen molar-refractivity contribution >= 4 is 15.7 Å². The molecule has 2 rings (SSSR count). The van der Waals surface area contributed by atoms with Crippen LogP contribution in [0.5, 0.6) is 0 Å². The Morgan fingerprint density at radius 3 is 2.74 bits per heavy atom. The Morgan fingerprint density at radius 1 is 1.42 bits per heavy atom. The van der Waals surface area contributed by atoms with Gasteiger partial charge in [-0.3, -0.25) is 0 Å². The summed E-state index contributed by atoms with van der Waals surface area (Å²) in [5, 5.41) is 9.70. The fourth-order valence-electron chi connectivity index (χ4n) is 2.52. The number of aryl methyl sites for hydroxylation is 1. The van der Waals surface area contributed by atoms with Gasteiger partial charge in [0.1, 0.15) is 0 Å². The molecule has 1 saturated carbocycles. The highest BCUT2D eigenvalue weighted by Crippen LogP contribution is 2.25. The number of benzene rings is 1. The van der Waals surface area contributed by atoms with Crippen LogP contribution >= 0.6 is 0 Å². The molecule has 1 fully saturated rings. The van der Waals surface area contributed by atoms with Gasteiger partial charge in [-0.05, 0) is 49.4 Å². The van der Waals surface area contributed by atoms with E-state index in [1.807, 2.05) is 0 Å². The Kier molecular flexibility index (Phi) is 4.13. The number of hydrogen-bond acceptors (Lipinski definition) is 4. The SMILES string of the molecule is Cc1cc(N)ccc1S(=O)(=O)NCC1CCCC1O. The topological polar surface area (TPSA) is 92.4 Å². The fourth-order valence-corrected chi connectivity index (χ4v) is 3.84. The van der Waals surface area contributed by atoms with Crippen molar-refractivity contribution in [3.05, 3.63) is 23.8 Å². The average Bonchev–Trinajstić information content (AvgIpc) is 2.72. The van der Waals surface area contributed by atoms with Crippen LogP contribution in [-0.2, 0) is 10.0 Å². The Hall–Kier alpha value is -1.11. The first kappa shape index (κ1) is 14.3. The predicted octanol–water partition coefficient (Wildman–Crippen LogP) is 1.02. The molecule has 1 aromatic rings. The van der Waals surface area contributed by atoms with E-state index in [-0.39, 0.29) is 17.4 Å². The molecule has 1 aliphatic rings. The molecule has 2 atom stereocenters. The van der Waals surface area contributed by atoms with Gasteiger partial charge in [-0.15, -0.1) is 0 Å². The third-order valence-electron chi connectivity index (χ3n) is 3.64. The quantitative estimate of drug-likeness (QED) is 0.720. The Bertz CT molecular complexity index is 557. The van der Waals surface area contributed by atoms with E-state index in [1.54, 1.807) is 19.1 Å². The molecule has 0 aliphatic heterocycles. The molecular weight excluding hydrogens is 264 g/mol. The van der Waals surface area contributed by atoms with E-state index in [1.165, 1.54) is 6.07 Å². The number of aliphatic hydroxyl groups is 1. The van der Waals surface area contributed by atoms with Crippen LogP contribution in [0, 0.1) is 12.8 Å². The van der Waals surface area contributed by atoms with Crippen LogP contribution in [0.25, 0.3) is 0 Å². The standard InChI is InChI=1S/C13H20N2O3S/c1-9-7-11(14)5-6-13(9)19(17,18)15-8-10-3-2-4-12(10)16/h5-7,10,12,15-16H,2-4,8,14H2,1H3. The zero-order valence-corrected chi connectivity index (χ0v) is 11.8. The molecule has 0 amide bonds. The van der Waals surface area contributed by atoms with Crippen LogP contribution in [0.1, 0.15) is 24.8 Å². The summed E-state index contributed by atoms with van der Waals surface area (Å²) in [6.07, 6.45) is 2.18. The lowest BCUT2D eigenvalue weighted by molar-refractivity contribution is 0.134. The van der Waals surface area contributed by atoms with Crippen molar-refractivity contribution in [1.82, 2.24) is 4.72 Å². The van der Waals surface area contributed by atoms with Crippen LogP contribution in [0.15, 0.2) is 23.1 Å². The normalized spacial score (nSPS) is 23.7. The van der Waals surface area contributed by atoms with E-state index in [0.717, 1.165) is 19.3 Å². The van der Waals surface area contributed by atoms with Gasteiger partial charge in [0.2, 0.25) is 10.0 Å². The van der Waals surface area contributed by atoms with Crippen LogP contribution in [0.3, 0.4) is 0 Å². The Balaban J connectivity index is 2.09. The lowest BCUT2D eigenvalue weighted by Gasteiger charge is -2.16. The first-order chi connectivity index (χ1) is 8.90. The van der Waals surface area contributed by atoms with Gasteiger partial charge in [0.05, 0.1) is 11.0 Å². The van der Waals surface area contributed by atoms with Crippen LogP contribution in [0.2, 0.25) is 0 Å². The molecule has 0 bridgehead atoms. The molecule has 6 heteroatoms. The average molecular weight is 284 g/mol. The lowest BCUT2D eigenvalue weighted by Crippen LogP contribution is -2.32. The zero-order chi connectivity index (χ0) is 14.0. The van der Waals surface area contributed by atoms with Gasteiger partial charge >= 0.3 is 0 Å². The minimum Gasteiger partial charge on any atom is -0.399 e. The van der Waals surface area contributed by atoms with Gasteiger partial charge < -0.3 is 10.8 Å². The van der Waals surface area contributed by atoms with Crippen molar-refractivity contribution in [2.75, 3.05) is 12.3 Å². The number of nitrogen functional groups attached to an aromatic ring is 1. The maximum absolute atomic E-state index is 12.2. The summed E-state index contributed by atoms with van der Waals surface area (Å²) in [5.41, 5.74) is 6.78. The summed E-state index contributed by atoms with van der Waals surface area (Å²) < 4.78 is 27.0. The fraction of sp³-hybridized carbons (Fsp3) is 0.538. The highest BCUT2D eigenvalue weighted by atomic mass is 32.2. The second-order valence-electron chi connectivity index (χ2n) is 5.14. The summed E-state index contributed by atoms with van der Waals surface area (Å²) in [4.78, 5) is 0.245. The lowest BCUT2D eigenvalue weighted by atomic mass is 10.1. The van der Waals surface area contributed by atoms with Crippen molar-refractivity contribution in [2.45, 2.75) is 37.2 Å². The number of sulfonamides is 1. The molecule has 2 unspecified atom stereocenters. The minimum atomic E-state index is -3.54. The summed E-state index contributed by atoms with van der Waals surface area (Å²) >= 11 is 0. The summed E-state index contributed by atoms with van der Waals surface area (Å²) in [6.45, 7) is 2.00. The number of nitrogens with two attached hydrogens (primary N) is 1. The van der Waals surface area contributed by atoms with Gasteiger partial charge in [0.15, 0.2) is 0 Å². The number of anilines is 1. The zero-order valence-electron chi connectivity index (χ0n) is 11.0. The van der Waals surface area contributed by atoms with Crippen molar-refractivity contribution < 1.29 is 13.5 Å². The van der Waals surface area contributed by atoms with Gasteiger partial charge in [0, 0.05) is 12.2 Å². The monoisotopic (exact) mass is 284 g/mol. The first-order valence-electron chi connectivity index (χ1n) is 6.44. The van der Waals surface area contributed by atoms with Crippen molar-refractivity contribution in [2.24, 2.45) is 5.92 Å². The molecule has 1 aromatic carbocycles. The second-order valence-corrected chi connectivity index (χ2v) is 6.87. The van der Waals surface area contributed by atoms with Crippen molar-refractivity contribution in [1.29, 1.82) is 0 Å².